The van der Waals surface area contributed by atoms with Gasteiger partial charge in [-0.2, -0.15) is 0 Å². The number of hydrogen-bond acceptors (Lipinski definition) is 1. The lowest BCUT2D eigenvalue weighted by Crippen LogP contribution is -2.10. The molecule has 0 amide bonds. The standard InChI is InChI=1S/C12H17N/c1-11(2)9-13(3)10-12-7-5-4-6-8-12/h4-9H,10H2,1-3H3. The van der Waals surface area contributed by atoms with Gasteiger partial charge in [0.25, 0.3) is 0 Å². The van der Waals surface area contributed by atoms with Crippen LogP contribution in [-0.2, 0) is 6.54 Å². The summed E-state index contributed by atoms with van der Waals surface area (Å²) in [6.07, 6.45) is 2.16. The van der Waals surface area contributed by atoms with Gasteiger partial charge in [0.05, 0.1) is 0 Å². The number of rotatable bonds is 3. The first-order valence-corrected chi connectivity index (χ1v) is 4.57. The highest BCUT2D eigenvalue weighted by Crippen LogP contribution is 2.03. The maximum Gasteiger partial charge on any atom is 0.0420 e. The van der Waals surface area contributed by atoms with Crippen molar-refractivity contribution in [1.82, 2.24) is 4.90 Å². The largest absolute Gasteiger partial charge is 0.376 e. The van der Waals surface area contributed by atoms with Gasteiger partial charge in [0, 0.05) is 13.6 Å². The maximum absolute atomic E-state index is 2.20. The summed E-state index contributed by atoms with van der Waals surface area (Å²) in [5.41, 5.74) is 2.68. The fraction of sp³-hybridized carbons (Fsp3) is 0.333. The Labute approximate surface area is 80.7 Å². The molecular formula is C12H17N. The van der Waals surface area contributed by atoms with Gasteiger partial charge in [-0.3, -0.25) is 0 Å². The Morgan fingerprint density at radius 1 is 1.23 bits per heavy atom. The molecule has 0 saturated carbocycles. The van der Waals surface area contributed by atoms with E-state index in [4.69, 9.17) is 0 Å². The molecule has 70 valence electrons. The van der Waals surface area contributed by atoms with E-state index in [0.29, 0.717) is 0 Å². The van der Waals surface area contributed by atoms with Gasteiger partial charge in [0.15, 0.2) is 0 Å². The molecule has 0 N–H and O–H groups in total. The summed E-state index contributed by atoms with van der Waals surface area (Å²) in [6, 6.07) is 10.5. The monoisotopic (exact) mass is 175 g/mol. The van der Waals surface area contributed by atoms with E-state index in [1.54, 1.807) is 0 Å². The molecule has 0 aromatic heterocycles. The van der Waals surface area contributed by atoms with Gasteiger partial charge in [-0.1, -0.05) is 35.9 Å². The van der Waals surface area contributed by atoms with Crippen LogP contribution in [0.2, 0.25) is 0 Å². The molecule has 0 aliphatic rings. The van der Waals surface area contributed by atoms with Crippen molar-refractivity contribution >= 4 is 0 Å². The van der Waals surface area contributed by atoms with Crippen LogP contribution in [0.1, 0.15) is 19.4 Å². The van der Waals surface area contributed by atoms with Crippen molar-refractivity contribution < 1.29 is 0 Å². The molecule has 0 aliphatic carbocycles. The molecule has 0 spiro atoms. The number of benzene rings is 1. The minimum absolute atomic E-state index is 0.978. The maximum atomic E-state index is 2.20. The van der Waals surface area contributed by atoms with E-state index < -0.39 is 0 Å². The Morgan fingerprint density at radius 3 is 2.38 bits per heavy atom. The van der Waals surface area contributed by atoms with Crippen LogP contribution in [-0.4, -0.2) is 11.9 Å². The number of nitrogens with zero attached hydrogens (tertiary/aromatic N) is 1. The summed E-state index contributed by atoms with van der Waals surface area (Å²) >= 11 is 0. The zero-order valence-electron chi connectivity index (χ0n) is 8.62. The molecule has 0 atom stereocenters. The average Bonchev–Trinajstić information content (AvgIpc) is 2.04. The highest BCUT2D eigenvalue weighted by Gasteiger charge is 1.93. The molecule has 1 aromatic carbocycles. The first-order chi connectivity index (χ1) is 6.18. The van der Waals surface area contributed by atoms with Gasteiger partial charge in [-0.25, -0.2) is 0 Å². The molecule has 0 aliphatic heterocycles. The quantitative estimate of drug-likeness (QED) is 0.682. The van der Waals surface area contributed by atoms with Gasteiger partial charge in [-0.05, 0) is 25.6 Å². The summed E-state index contributed by atoms with van der Waals surface area (Å²) in [7, 11) is 2.10. The second-order valence-electron chi connectivity index (χ2n) is 3.61. The second kappa shape index (κ2) is 4.70. The Kier molecular flexibility index (Phi) is 3.56. The van der Waals surface area contributed by atoms with E-state index >= 15 is 0 Å². The van der Waals surface area contributed by atoms with Crippen molar-refractivity contribution in [1.29, 1.82) is 0 Å². The summed E-state index contributed by atoms with van der Waals surface area (Å²) in [4.78, 5) is 2.20. The van der Waals surface area contributed by atoms with Gasteiger partial charge in [0.1, 0.15) is 0 Å². The van der Waals surface area contributed by atoms with Crippen molar-refractivity contribution in [3.8, 4) is 0 Å². The molecule has 1 aromatic rings. The van der Waals surface area contributed by atoms with Crippen molar-refractivity contribution in [2.45, 2.75) is 20.4 Å². The summed E-state index contributed by atoms with van der Waals surface area (Å²) < 4.78 is 0. The van der Waals surface area contributed by atoms with Crippen LogP contribution in [0.4, 0.5) is 0 Å². The molecule has 0 radical (unpaired) electrons. The molecule has 0 unspecified atom stereocenters. The van der Waals surface area contributed by atoms with E-state index in [1.807, 2.05) is 6.07 Å². The topological polar surface area (TPSA) is 3.24 Å². The van der Waals surface area contributed by atoms with E-state index in [1.165, 1.54) is 11.1 Å². The normalized spacial score (nSPS) is 9.46. The SMILES string of the molecule is CC(C)=CN(C)Cc1ccccc1. The fourth-order valence-electron chi connectivity index (χ4n) is 1.36. The molecule has 0 heterocycles. The predicted molar refractivity (Wildman–Crippen MR) is 57.3 cm³/mol. The van der Waals surface area contributed by atoms with Crippen molar-refractivity contribution in [2.75, 3.05) is 7.05 Å². The van der Waals surface area contributed by atoms with Crippen LogP contribution in [0.5, 0.6) is 0 Å². The van der Waals surface area contributed by atoms with E-state index in [0.717, 1.165) is 6.54 Å². The third-order valence-electron chi connectivity index (χ3n) is 1.75. The Balaban J connectivity index is 2.55. The zero-order valence-corrected chi connectivity index (χ0v) is 8.62. The van der Waals surface area contributed by atoms with Gasteiger partial charge >= 0.3 is 0 Å². The van der Waals surface area contributed by atoms with E-state index in [9.17, 15) is 0 Å². The molecule has 1 rings (SSSR count). The van der Waals surface area contributed by atoms with Crippen LogP contribution < -0.4 is 0 Å². The molecule has 1 heteroatoms. The van der Waals surface area contributed by atoms with Crippen molar-refractivity contribution in [2.24, 2.45) is 0 Å². The Morgan fingerprint density at radius 2 is 1.85 bits per heavy atom. The molecule has 13 heavy (non-hydrogen) atoms. The van der Waals surface area contributed by atoms with Crippen LogP contribution >= 0.6 is 0 Å². The summed E-state index contributed by atoms with van der Waals surface area (Å²) in [5.74, 6) is 0. The third-order valence-corrected chi connectivity index (χ3v) is 1.75. The van der Waals surface area contributed by atoms with Crippen LogP contribution in [0.25, 0.3) is 0 Å². The highest BCUT2D eigenvalue weighted by molar-refractivity contribution is 5.14. The van der Waals surface area contributed by atoms with Crippen LogP contribution in [0.15, 0.2) is 42.1 Å². The van der Waals surface area contributed by atoms with Crippen LogP contribution in [0, 0.1) is 0 Å². The van der Waals surface area contributed by atoms with Gasteiger partial charge in [-0.15, -0.1) is 0 Å². The first kappa shape index (κ1) is 9.85. The summed E-state index contributed by atoms with van der Waals surface area (Å²) in [5, 5.41) is 0. The number of hydrogen-bond donors (Lipinski definition) is 0. The Hall–Kier alpha value is -1.24. The molecule has 0 saturated heterocycles. The van der Waals surface area contributed by atoms with Crippen LogP contribution in [0.3, 0.4) is 0 Å². The lowest BCUT2D eigenvalue weighted by molar-refractivity contribution is 0.447. The third kappa shape index (κ3) is 3.79. The highest BCUT2D eigenvalue weighted by atomic mass is 15.1. The first-order valence-electron chi connectivity index (χ1n) is 4.57. The van der Waals surface area contributed by atoms with Gasteiger partial charge < -0.3 is 4.90 Å². The minimum Gasteiger partial charge on any atom is -0.376 e. The predicted octanol–water partition coefficient (Wildman–Crippen LogP) is 3.04. The second-order valence-corrected chi connectivity index (χ2v) is 3.61. The molecule has 0 bridgehead atoms. The van der Waals surface area contributed by atoms with Crippen molar-refractivity contribution in [3.05, 3.63) is 47.7 Å². The lowest BCUT2D eigenvalue weighted by Gasteiger charge is -2.14. The lowest BCUT2D eigenvalue weighted by atomic mass is 10.2. The average molecular weight is 175 g/mol. The smallest absolute Gasteiger partial charge is 0.0420 e. The van der Waals surface area contributed by atoms with Crippen molar-refractivity contribution in [3.63, 3.8) is 0 Å². The van der Waals surface area contributed by atoms with E-state index in [-0.39, 0.29) is 0 Å². The molecule has 1 nitrogen and oxygen atoms in total. The van der Waals surface area contributed by atoms with E-state index in [2.05, 4.69) is 56.3 Å². The fourth-order valence-corrected chi connectivity index (χ4v) is 1.36. The Bertz CT molecular complexity index is 270. The zero-order chi connectivity index (χ0) is 9.68. The van der Waals surface area contributed by atoms with Gasteiger partial charge in [0.2, 0.25) is 0 Å². The molecule has 0 fully saturated rings. The number of allylic oxidation sites excluding steroid dienone is 1. The summed E-state index contributed by atoms with van der Waals surface area (Å²) in [6.45, 7) is 5.20. The molecular weight excluding hydrogens is 158 g/mol. The minimum atomic E-state index is 0.978.